The van der Waals surface area contributed by atoms with Crippen LogP contribution in [-0.2, 0) is 4.74 Å². The summed E-state index contributed by atoms with van der Waals surface area (Å²) in [5.41, 5.74) is 0.983. The largest absolute Gasteiger partial charge is 0.461 e. The van der Waals surface area contributed by atoms with E-state index >= 15 is 0 Å². The molecule has 0 aliphatic rings. The van der Waals surface area contributed by atoms with Crippen molar-refractivity contribution in [3.05, 3.63) is 47.9 Å². The molecule has 20 heavy (non-hydrogen) atoms. The zero-order valence-electron chi connectivity index (χ0n) is 11.3. The molecule has 2 rings (SSSR count). The molecule has 104 valence electrons. The second kappa shape index (κ2) is 6.56. The van der Waals surface area contributed by atoms with Gasteiger partial charge < -0.3 is 13.9 Å². The monoisotopic (exact) mass is 273 g/mol. The highest BCUT2D eigenvalue weighted by atomic mass is 16.6. The molecular weight excluding hydrogens is 258 g/mol. The van der Waals surface area contributed by atoms with Crippen LogP contribution in [0, 0.1) is 0 Å². The van der Waals surface area contributed by atoms with Crippen molar-refractivity contribution in [3.63, 3.8) is 0 Å². The highest BCUT2D eigenvalue weighted by molar-refractivity contribution is 5.86. The third-order valence-corrected chi connectivity index (χ3v) is 2.43. The number of benzene rings is 1. The van der Waals surface area contributed by atoms with E-state index in [9.17, 15) is 4.79 Å². The van der Waals surface area contributed by atoms with Crippen molar-refractivity contribution in [1.82, 2.24) is 4.98 Å². The summed E-state index contributed by atoms with van der Waals surface area (Å²) in [6.07, 6.45) is 5.03. The van der Waals surface area contributed by atoms with E-state index in [2.05, 4.69) is 4.98 Å². The molecule has 2 aromatic rings. The topological polar surface area (TPSA) is 61.6 Å². The van der Waals surface area contributed by atoms with E-state index in [1.807, 2.05) is 37.3 Å². The number of ether oxygens (including phenoxy) is 2. The first-order valence-corrected chi connectivity index (χ1v) is 6.26. The van der Waals surface area contributed by atoms with Crippen molar-refractivity contribution in [2.75, 3.05) is 6.61 Å². The highest BCUT2D eigenvalue weighted by Gasteiger charge is 2.15. The number of carbonyl (C=O) groups is 1. The van der Waals surface area contributed by atoms with Gasteiger partial charge in [0.1, 0.15) is 12.0 Å². The summed E-state index contributed by atoms with van der Waals surface area (Å²) in [6, 6.07) is 7.45. The van der Waals surface area contributed by atoms with Crippen molar-refractivity contribution in [2.24, 2.45) is 0 Å². The van der Waals surface area contributed by atoms with Crippen LogP contribution in [0.25, 0.3) is 6.08 Å². The number of nitrogens with zero attached hydrogens (tertiary/aromatic N) is 1. The van der Waals surface area contributed by atoms with Gasteiger partial charge in [-0.25, -0.2) is 4.79 Å². The molecular formula is C15H15NO4. The Morgan fingerprint density at radius 1 is 1.40 bits per heavy atom. The minimum Gasteiger partial charge on any atom is -0.461 e. The van der Waals surface area contributed by atoms with Crippen molar-refractivity contribution in [3.8, 4) is 11.8 Å². The van der Waals surface area contributed by atoms with Crippen molar-refractivity contribution >= 4 is 12.0 Å². The number of rotatable bonds is 5. The summed E-state index contributed by atoms with van der Waals surface area (Å²) in [5, 5.41) is 0. The van der Waals surface area contributed by atoms with E-state index in [1.165, 1.54) is 6.26 Å². The van der Waals surface area contributed by atoms with Gasteiger partial charge in [-0.3, -0.25) is 0 Å². The maximum Gasteiger partial charge on any atom is 0.399 e. The number of hydrogen-bond acceptors (Lipinski definition) is 5. The summed E-state index contributed by atoms with van der Waals surface area (Å²) >= 11 is 0. The average molecular weight is 273 g/mol. The molecule has 0 aliphatic carbocycles. The molecule has 0 bridgehead atoms. The summed E-state index contributed by atoms with van der Waals surface area (Å²) < 4.78 is 15.5. The SMILES string of the molecule is C/C=C/c1ccccc1Oc1nc(C(=O)OCC)co1. The number of oxazole rings is 1. The third kappa shape index (κ3) is 3.26. The minimum absolute atomic E-state index is 0.00464. The second-order valence-corrected chi connectivity index (χ2v) is 3.86. The van der Waals surface area contributed by atoms with Gasteiger partial charge in [0, 0.05) is 5.56 Å². The third-order valence-electron chi connectivity index (χ3n) is 2.43. The number of allylic oxidation sites excluding steroid dienone is 1. The molecule has 0 unspecified atom stereocenters. The predicted molar refractivity (Wildman–Crippen MR) is 73.7 cm³/mol. The van der Waals surface area contributed by atoms with Gasteiger partial charge in [0.2, 0.25) is 0 Å². The molecule has 0 N–H and O–H groups in total. The van der Waals surface area contributed by atoms with E-state index in [4.69, 9.17) is 13.9 Å². The maximum absolute atomic E-state index is 11.5. The van der Waals surface area contributed by atoms with Crippen LogP contribution in [0.4, 0.5) is 0 Å². The van der Waals surface area contributed by atoms with E-state index in [-0.39, 0.29) is 18.4 Å². The molecule has 0 radical (unpaired) electrons. The van der Waals surface area contributed by atoms with Gasteiger partial charge in [0.25, 0.3) is 0 Å². The molecule has 0 atom stereocenters. The van der Waals surface area contributed by atoms with E-state index < -0.39 is 5.97 Å². The summed E-state index contributed by atoms with van der Waals surface area (Å²) in [6.45, 7) is 3.93. The number of carbonyl (C=O) groups excluding carboxylic acids is 1. The molecule has 1 heterocycles. The lowest BCUT2D eigenvalue weighted by molar-refractivity contribution is 0.0519. The van der Waals surface area contributed by atoms with E-state index in [0.29, 0.717) is 5.75 Å². The first-order valence-electron chi connectivity index (χ1n) is 6.26. The summed E-state index contributed by atoms with van der Waals surface area (Å²) in [4.78, 5) is 15.4. The first-order chi connectivity index (χ1) is 9.74. The molecule has 0 spiro atoms. The molecule has 5 nitrogen and oxygen atoms in total. The minimum atomic E-state index is -0.534. The summed E-state index contributed by atoms with van der Waals surface area (Å²) in [5.74, 6) is 0.0655. The fraction of sp³-hybridized carbons (Fsp3) is 0.200. The molecule has 0 aliphatic heterocycles. The Labute approximate surface area is 116 Å². The quantitative estimate of drug-likeness (QED) is 0.778. The van der Waals surface area contributed by atoms with Gasteiger partial charge in [-0.05, 0) is 19.9 Å². The molecule has 5 heteroatoms. The maximum atomic E-state index is 11.5. The van der Waals surface area contributed by atoms with Crippen molar-refractivity contribution < 1.29 is 18.7 Å². The van der Waals surface area contributed by atoms with Crippen LogP contribution in [0.2, 0.25) is 0 Å². The second-order valence-electron chi connectivity index (χ2n) is 3.86. The average Bonchev–Trinajstić information content (AvgIpc) is 2.90. The Morgan fingerprint density at radius 3 is 2.95 bits per heavy atom. The van der Waals surface area contributed by atoms with Gasteiger partial charge in [0.15, 0.2) is 5.69 Å². The number of esters is 1. The standard InChI is InChI=1S/C15H15NO4/c1-3-7-11-8-5-6-9-13(11)20-15-16-12(10-19-15)14(17)18-4-2/h3,5-10H,4H2,1-2H3/b7-3+. The van der Waals surface area contributed by atoms with Crippen molar-refractivity contribution in [2.45, 2.75) is 13.8 Å². The first kappa shape index (κ1) is 13.9. The molecule has 0 fully saturated rings. The van der Waals surface area contributed by atoms with Crippen LogP contribution in [0.5, 0.6) is 11.8 Å². The van der Waals surface area contributed by atoms with Crippen molar-refractivity contribution in [1.29, 1.82) is 0 Å². The zero-order chi connectivity index (χ0) is 14.4. The van der Waals surface area contributed by atoms with Crippen LogP contribution < -0.4 is 4.74 Å². The van der Waals surface area contributed by atoms with Crippen LogP contribution in [0.15, 0.2) is 41.0 Å². The smallest absolute Gasteiger partial charge is 0.399 e. The number of para-hydroxylation sites is 1. The lowest BCUT2D eigenvalue weighted by Gasteiger charge is -2.04. The summed E-state index contributed by atoms with van der Waals surface area (Å²) in [7, 11) is 0. The lowest BCUT2D eigenvalue weighted by atomic mass is 10.2. The van der Waals surface area contributed by atoms with Crippen LogP contribution in [0.3, 0.4) is 0 Å². The lowest BCUT2D eigenvalue weighted by Crippen LogP contribution is -2.04. The Bertz CT molecular complexity index is 616. The fourth-order valence-corrected chi connectivity index (χ4v) is 1.59. The molecule has 1 aromatic carbocycles. The van der Waals surface area contributed by atoms with Crippen LogP contribution in [0.1, 0.15) is 29.9 Å². The highest BCUT2D eigenvalue weighted by Crippen LogP contribution is 2.25. The van der Waals surface area contributed by atoms with Gasteiger partial charge in [-0.15, -0.1) is 0 Å². The van der Waals surface area contributed by atoms with Gasteiger partial charge in [-0.2, -0.15) is 4.98 Å². The molecule has 1 aromatic heterocycles. The number of aromatic nitrogens is 1. The normalized spacial score (nSPS) is 10.7. The number of hydrogen-bond donors (Lipinski definition) is 0. The Kier molecular flexibility index (Phi) is 4.55. The Balaban J connectivity index is 2.17. The zero-order valence-corrected chi connectivity index (χ0v) is 11.3. The predicted octanol–water partition coefficient (Wildman–Crippen LogP) is 3.68. The van der Waals surface area contributed by atoms with Crippen LogP contribution in [-0.4, -0.2) is 17.6 Å². The molecule has 0 saturated heterocycles. The van der Waals surface area contributed by atoms with Crippen LogP contribution >= 0.6 is 0 Å². The van der Waals surface area contributed by atoms with Gasteiger partial charge in [-0.1, -0.05) is 30.4 Å². The molecule has 0 amide bonds. The van der Waals surface area contributed by atoms with Gasteiger partial charge >= 0.3 is 12.0 Å². The van der Waals surface area contributed by atoms with E-state index in [1.54, 1.807) is 13.0 Å². The Hall–Kier alpha value is -2.56. The van der Waals surface area contributed by atoms with E-state index in [0.717, 1.165) is 5.56 Å². The molecule has 0 saturated carbocycles. The fourth-order valence-electron chi connectivity index (χ4n) is 1.59. The van der Waals surface area contributed by atoms with Gasteiger partial charge in [0.05, 0.1) is 6.61 Å². The Morgan fingerprint density at radius 2 is 2.20 bits per heavy atom.